The second kappa shape index (κ2) is 8.71. The van der Waals surface area contributed by atoms with E-state index in [-0.39, 0.29) is 12.0 Å². The first-order valence-corrected chi connectivity index (χ1v) is 11.0. The lowest BCUT2D eigenvalue weighted by atomic mass is 10.3. The van der Waals surface area contributed by atoms with E-state index in [0.29, 0.717) is 35.6 Å². The van der Waals surface area contributed by atoms with Gasteiger partial charge in [0.2, 0.25) is 11.9 Å². The van der Waals surface area contributed by atoms with Gasteiger partial charge in [0.25, 0.3) is 0 Å². The minimum Gasteiger partial charge on any atom is -0.375 e. The molecule has 7 nitrogen and oxygen atoms in total. The average Bonchev–Trinajstić information content (AvgIpc) is 3.35. The molecule has 2 saturated heterocycles. The number of thioether (sulfide) groups is 1. The van der Waals surface area contributed by atoms with Crippen LogP contribution in [0.5, 0.6) is 0 Å². The summed E-state index contributed by atoms with van der Waals surface area (Å²) in [6.45, 7) is 5.80. The summed E-state index contributed by atoms with van der Waals surface area (Å²) in [5, 5.41) is 10.2. The van der Waals surface area contributed by atoms with Gasteiger partial charge in [0.15, 0.2) is 5.16 Å². The molecule has 150 valence electrons. The summed E-state index contributed by atoms with van der Waals surface area (Å²) in [7, 11) is 0. The number of aromatic nitrogens is 3. The van der Waals surface area contributed by atoms with Crippen molar-refractivity contribution < 1.29 is 9.53 Å². The molecule has 1 unspecified atom stereocenters. The zero-order valence-corrected chi connectivity index (χ0v) is 17.5. The van der Waals surface area contributed by atoms with Crippen molar-refractivity contribution >= 4 is 35.2 Å². The molecule has 1 amide bonds. The summed E-state index contributed by atoms with van der Waals surface area (Å²) in [5.41, 5.74) is 0.911. The summed E-state index contributed by atoms with van der Waals surface area (Å²) < 4.78 is 7.54. The zero-order valence-electron chi connectivity index (χ0n) is 15.9. The maximum atomic E-state index is 12.6. The van der Waals surface area contributed by atoms with Crippen LogP contribution in [0.4, 0.5) is 5.95 Å². The van der Waals surface area contributed by atoms with E-state index in [0.717, 1.165) is 37.6 Å². The first-order chi connectivity index (χ1) is 13.6. The number of nitrogens with zero attached hydrogens (tertiary/aromatic N) is 5. The Balaban J connectivity index is 1.55. The van der Waals surface area contributed by atoms with Crippen molar-refractivity contribution in [2.24, 2.45) is 0 Å². The summed E-state index contributed by atoms with van der Waals surface area (Å²) in [6.07, 6.45) is 2.39. The minimum absolute atomic E-state index is 0.0829. The van der Waals surface area contributed by atoms with Crippen LogP contribution in [-0.2, 0) is 9.53 Å². The lowest BCUT2D eigenvalue weighted by Crippen LogP contribution is -2.45. The molecule has 3 heterocycles. The molecule has 1 aromatic carbocycles. The maximum absolute atomic E-state index is 12.6. The number of benzene rings is 1. The van der Waals surface area contributed by atoms with Gasteiger partial charge in [0, 0.05) is 31.2 Å². The summed E-state index contributed by atoms with van der Waals surface area (Å²) in [5.74, 6) is 1.24. The third kappa shape index (κ3) is 4.29. The Morgan fingerprint density at radius 2 is 2.11 bits per heavy atom. The quantitative estimate of drug-likeness (QED) is 0.692. The fourth-order valence-electron chi connectivity index (χ4n) is 3.58. The Morgan fingerprint density at radius 3 is 2.86 bits per heavy atom. The number of hydrogen-bond donors (Lipinski definition) is 0. The van der Waals surface area contributed by atoms with E-state index >= 15 is 0 Å². The highest BCUT2D eigenvalue weighted by molar-refractivity contribution is 7.99. The van der Waals surface area contributed by atoms with Crippen molar-refractivity contribution in [1.29, 1.82) is 0 Å². The minimum atomic E-state index is 0.0829. The lowest BCUT2D eigenvalue weighted by Gasteiger charge is -2.31. The molecule has 1 atom stereocenters. The van der Waals surface area contributed by atoms with Crippen LogP contribution in [0, 0.1) is 0 Å². The molecule has 28 heavy (non-hydrogen) atoms. The molecule has 2 aliphatic heterocycles. The highest BCUT2D eigenvalue weighted by atomic mass is 35.5. The number of anilines is 1. The van der Waals surface area contributed by atoms with Gasteiger partial charge >= 0.3 is 0 Å². The third-order valence-electron chi connectivity index (χ3n) is 4.99. The van der Waals surface area contributed by atoms with Crippen LogP contribution < -0.4 is 4.90 Å². The van der Waals surface area contributed by atoms with Crippen molar-refractivity contribution in [3.05, 3.63) is 29.3 Å². The monoisotopic (exact) mass is 421 g/mol. The first kappa shape index (κ1) is 19.5. The van der Waals surface area contributed by atoms with Gasteiger partial charge in [-0.15, -0.1) is 10.2 Å². The molecular weight excluding hydrogens is 398 g/mol. The molecule has 2 fully saturated rings. The number of hydrogen-bond acceptors (Lipinski definition) is 6. The normalized spacial score (nSPS) is 20.0. The molecule has 0 aliphatic carbocycles. The average molecular weight is 422 g/mol. The molecule has 0 N–H and O–H groups in total. The van der Waals surface area contributed by atoms with Gasteiger partial charge in [0.05, 0.1) is 24.2 Å². The maximum Gasteiger partial charge on any atom is 0.233 e. The van der Waals surface area contributed by atoms with Crippen molar-refractivity contribution in [3.63, 3.8) is 0 Å². The van der Waals surface area contributed by atoms with Gasteiger partial charge in [-0.25, -0.2) is 0 Å². The molecule has 2 aromatic rings. The molecule has 9 heteroatoms. The molecule has 0 saturated carbocycles. The number of amides is 1. The Morgan fingerprint density at radius 1 is 1.29 bits per heavy atom. The van der Waals surface area contributed by atoms with E-state index in [4.69, 9.17) is 16.3 Å². The molecule has 0 radical (unpaired) electrons. The Labute approximate surface area is 174 Å². The molecule has 1 aromatic heterocycles. The second-order valence-electron chi connectivity index (χ2n) is 7.10. The van der Waals surface area contributed by atoms with E-state index in [9.17, 15) is 4.79 Å². The predicted octanol–water partition coefficient (Wildman–Crippen LogP) is 2.86. The van der Waals surface area contributed by atoms with E-state index in [2.05, 4.69) is 15.1 Å². The van der Waals surface area contributed by atoms with Gasteiger partial charge in [-0.3, -0.25) is 9.36 Å². The van der Waals surface area contributed by atoms with E-state index in [1.54, 1.807) is 0 Å². The molecule has 0 spiro atoms. The van der Waals surface area contributed by atoms with Crippen molar-refractivity contribution in [2.45, 2.75) is 31.0 Å². The SMILES string of the molecule is CC1CN(C(=O)CSc2nnc(N3CCCC3)n2-c2cccc(Cl)c2)CCO1. The Bertz CT molecular complexity index is 839. The van der Waals surface area contributed by atoms with Crippen LogP contribution in [-0.4, -0.2) is 70.2 Å². The van der Waals surface area contributed by atoms with Crippen molar-refractivity contribution in [3.8, 4) is 5.69 Å². The summed E-state index contributed by atoms with van der Waals surface area (Å²) >= 11 is 7.64. The zero-order chi connectivity index (χ0) is 19.5. The summed E-state index contributed by atoms with van der Waals surface area (Å²) in [6, 6.07) is 7.66. The fraction of sp³-hybridized carbons (Fsp3) is 0.526. The van der Waals surface area contributed by atoms with Crippen LogP contribution >= 0.6 is 23.4 Å². The third-order valence-corrected chi connectivity index (χ3v) is 6.14. The fourth-order valence-corrected chi connectivity index (χ4v) is 4.62. The smallest absolute Gasteiger partial charge is 0.233 e. The van der Waals surface area contributed by atoms with Gasteiger partial charge in [-0.05, 0) is 38.0 Å². The molecule has 0 bridgehead atoms. The van der Waals surface area contributed by atoms with Crippen molar-refractivity contribution in [1.82, 2.24) is 19.7 Å². The van der Waals surface area contributed by atoms with Gasteiger partial charge in [-0.2, -0.15) is 0 Å². The first-order valence-electron chi connectivity index (χ1n) is 9.60. The van der Waals surface area contributed by atoms with Gasteiger partial charge < -0.3 is 14.5 Å². The molecular formula is C19H24ClN5O2S. The standard InChI is InChI=1S/C19H24ClN5O2S/c1-14-12-24(9-10-27-14)17(26)13-28-19-22-21-18(23-7-2-3-8-23)25(19)16-6-4-5-15(20)11-16/h4-6,11,14H,2-3,7-10,12-13H2,1H3. The molecule has 2 aliphatic rings. The van der Waals surface area contributed by atoms with E-state index in [1.165, 1.54) is 11.8 Å². The highest BCUT2D eigenvalue weighted by Crippen LogP contribution is 2.29. The van der Waals surface area contributed by atoms with Crippen LogP contribution in [0.25, 0.3) is 5.69 Å². The lowest BCUT2D eigenvalue weighted by molar-refractivity contribution is -0.135. The largest absolute Gasteiger partial charge is 0.375 e. The number of carbonyl (C=O) groups excluding carboxylic acids is 1. The van der Waals surface area contributed by atoms with Crippen LogP contribution in [0.15, 0.2) is 29.4 Å². The van der Waals surface area contributed by atoms with Crippen LogP contribution in [0.3, 0.4) is 0 Å². The van der Waals surface area contributed by atoms with Crippen LogP contribution in [0.2, 0.25) is 5.02 Å². The predicted molar refractivity (Wildman–Crippen MR) is 111 cm³/mol. The number of ether oxygens (including phenoxy) is 1. The number of morpholine rings is 1. The van der Waals surface area contributed by atoms with Gasteiger partial charge in [-0.1, -0.05) is 29.4 Å². The Hall–Kier alpha value is -1.77. The topological polar surface area (TPSA) is 63.5 Å². The summed E-state index contributed by atoms with van der Waals surface area (Å²) in [4.78, 5) is 16.7. The Kier molecular flexibility index (Phi) is 6.08. The van der Waals surface area contributed by atoms with Crippen LogP contribution in [0.1, 0.15) is 19.8 Å². The second-order valence-corrected chi connectivity index (χ2v) is 8.48. The number of rotatable bonds is 5. The highest BCUT2D eigenvalue weighted by Gasteiger charge is 2.25. The molecule has 4 rings (SSSR count). The van der Waals surface area contributed by atoms with Gasteiger partial charge in [0.1, 0.15) is 0 Å². The van der Waals surface area contributed by atoms with E-state index < -0.39 is 0 Å². The number of halogens is 1. The van der Waals surface area contributed by atoms with Crippen molar-refractivity contribution in [2.75, 3.05) is 43.4 Å². The number of carbonyl (C=O) groups is 1. The van der Waals surface area contributed by atoms with E-state index in [1.807, 2.05) is 40.7 Å².